The maximum Gasteiger partial charge on any atom is 0.410 e. The van der Waals surface area contributed by atoms with Gasteiger partial charge in [0, 0.05) is 32.3 Å². The van der Waals surface area contributed by atoms with Gasteiger partial charge < -0.3 is 14.7 Å². The molecule has 0 aliphatic carbocycles. The molecule has 116 valence electrons. The van der Waals surface area contributed by atoms with E-state index in [0.29, 0.717) is 12.0 Å². The van der Waals surface area contributed by atoms with Crippen LogP contribution < -0.4 is 0 Å². The fourth-order valence-electron chi connectivity index (χ4n) is 3.14. The van der Waals surface area contributed by atoms with Crippen LogP contribution in [0.1, 0.15) is 40.0 Å². The van der Waals surface area contributed by atoms with Crippen LogP contribution in [0.2, 0.25) is 0 Å². The molecule has 0 spiro atoms. The van der Waals surface area contributed by atoms with Crippen molar-refractivity contribution < 1.29 is 14.6 Å². The molecule has 1 amide bonds. The van der Waals surface area contributed by atoms with E-state index in [2.05, 4.69) is 4.90 Å². The lowest BCUT2D eigenvalue weighted by Crippen LogP contribution is -2.39. The Morgan fingerprint density at radius 3 is 2.65 bits per heavy atom. The highest BCUT2D eigenvalue weighted by Crippen LogP contribution is 2.26. The van der Waals surface area contributed by atoms with Gasteiger partial charge in [0.05, 0.1) is 0 Å². The Labute approximate surface area is 121 Å². The summed E-state index contributed by atoms with van der Waals surface area (Å²) in [6, 6.07) is 0.464. The van der Waals surface area contributed by atoms with Gasteiger partial charge in [0.2, 0.25) is 0 Å². The van der Waals surface area contributed by atoms with Crippen molar-refractivity contribution in [2.24, 2.45) is 5.92 Å². The van der Waals surface area contributed by atoms with Crippen molar-refractivity contribution in [2.75, 3.05) is 32.8 Å². The number of ether oxygens (including phenoxy) is 1. The normalized spacial score (nSPS) is 28.1. The first-order valence-electron chi connectivity index (χ1n) is 7.72. The summed E-state index contributed by atoms with van der Waals surface area (Å²) in [6.45, 7) is 9.72. The van der Waals surface area contributed by atoms with Crippen molar-refractivity contribution in [1.29, 1.82) is 0 Å². The van der Waals surface area contributed by atoms with Gasteiger partial charge in [-0.15, -0.1) is 0 Å². The first-order valence-corrected chi connectivity index (χ1v) is 7.72. The van der Waals surface area contributed by atoms with Gasteiger partial charge in [-0.2, -0.15) is 0 Å². The van der Waals surface area contributed by atoms with Gasteiger partial charge in [-0.3, -0.25) is 4.90 Å². The number of likely N-dealkylation sites (tertiary alicyclic amines) is 2. The zero-order valence-corrected chi connectivity index (χ0v) is 13.0. The van der Waals surface area contributed by atoms with Crippen LogP contribution in [0.25, 0.3) is 0 Å². The Morgan fingerprint density at radius 2 is 2.00 bits per heavy atom. The van der Waals surface area contributed by atoms with Crippen molar-refractivity contribution in [3.63, 3.8) is 0 Å². The molecular formula is C15H28N2O3. The number of amides is 1. The van der Waals surface area contributed by atoms with E-state index in [-0.39, 0.29) is 12.7 Å². The summed E-state index contributed by atoms with van der Waals surface area (Å²) in [5.41, 5.74) is -0.422. The molecule has 2 unspecified atom stereocenters. The average molecular weight is 284 g/mol. The monoisotopic (exact) mass is 284 g/mol. The third kappa shape index (κ3) is 4.09. The summed E-state index contributed by atoms with van der Waals surface area (Å²) in [5, 5.41) is 9.01. The van der Waals surface area contributed by atoms with Crippen LogP contribution in [0.5, 0.6) is 0 Å². The summed E-state index contributed by atoms with van der Waals surface area (Å²) < 4.78 is 5.43. The lowest BCUT2D eigenvalue weighted by atomic mass is 10.1. The van der Waals surface area contributed by atoms with Crippen LogP contribution in [-0.4, -0.2) is 65.4 Å². The third-order valence-electron chi connectivity index (χ3n) is 4.19. The highest BCUT2D eigenvalue weighted by Gasteiger charge is 2.35. The molecule has 2 heterocycles. The van der Waals surface area contributed by atoms with E-state index in [1.165, 1.54) is 6.42 Å². The predicted octanol–water partition coefficient (Wildman–Crippen LogP) is 1.70. The molecule has 5 heteroatoms. The summed E-state index contributed by atoms with van der Waals surface area (Å²) in [5.74, 6) is 0.621. The quantitative estimate of drug-likeness (QED) is 0.857. The zero-order valence-electron chi connectivity index (χ0n) is 13.0. The molecule has 5 nitrogen and oxygen atoms in total. The smallest absolute Gasteiger partial charge is 0.410 e. The van der Waals surface area contributed by atoms with Gasteiger partial charge >= 0.3 is 6.09 Å². The third-order valence-corrected chi connectivity index (χ3v) is 4.19. The zero-order chi connectivity index (χ0) is 14.8. The molecule has 20 heavy (non-hydrogen) atoms. The number of rotatable bonds is 3. The predicted molar refractivity (Wildman–Crippen MR) is 77.6 cm³/mol. The molecule has 1 N–H and O–H groups in total. The number of aliphatic hydroxyl groups is 1. The number of hydrogen-bond acceptors (Lipinski definition) is 4. The number of carbonyl (C=O) groups is 1. The number of hydrogen-bond donors (Lipinski definition) is 1. The van der Waals surface area contributed by atoms with Gasteiger partial charge in [-0.25, -0.2) is 4.79 Å². The van der Waals surface area contributed by atoms with Gasteiger partial charge in [0.1, 0.15) is 5.60 Å². The summed E-state index contributed by atoms with van der Waals surface area (Å²) in [6.07, 6.45) is 2.92. The van der Waals surface area contributed by atoms with Crippen LogP contribution in [0.4, 0.5) is 4.79 Å². The van der Waals surface area contributed by atoms with Gasteiger partial charge in [-0.05, 0) is 52.5 Å². The lowest BCUT2D eigenvalue weighted by Gasteiger charge is -2.26. The molecular weight excluding hydrogens is 256 g/mol. The Hall–Kier alpha value is -0.810. The van der Waals surface area contributed by atoms with Gasteiger partial charge in [-0.1, -0.05) is 0 Å². The molecule has 0 aromatic rings. The number of aliphatic hydroxyl groups excluding tert-OH is 1. The average Bonchev–Trinajstić information content (AvgIpc) is 2.94. The molecule has 2 rings (SSSR count). The van der Waals surface area contributed by atoms with Crippen molar-refractivity contribution in [3.05, 3.63) is 0 Å². The molecule has 0 bridgehead atoms. The molecule has 2 aliphatic rings. The largest absolute Gasteiger partial charge is 0.444 e. The van der Waals surface area contributed by atoms with Crippen LogP contribution in [-0.2, 0) is 4.74 Å². The highest BCUT2D eigenvalue weighted by atomic mass is 16.6. The lowest BCUT2D eigenvalue weighted by molar-refractivity contribution is 0.0282. The molecule has 0 radical (unpaired) electrons. The van der Waals surface area contributed by atoms with E-state index in [9.17, 15) is 4.79 Å². The summed E-state index contributed by atoms with van der Waals surface area (Å²) >= 11 is 0. The Morgan fingerprint density at radius 1 is 1.25 bits per heavy atom. The molecule has 2 atom stereocenters. The molecule has 2 fully saturated rings. The fraction of sp³-hybridized carbons (Fsp3) is 0.933. The maximum atomic E-state index is 12.0. The van der Waals surface area contributed by atoms with E-state index < -0.39 is 5.60 Å². The Balaban J connectivity index is 1.79. The molecule has 0 saturated carbocycles. The van der Waals surface area contributed by atoms with E-state index in [1.807, 2.05) is 25.7 Å². The van der Waals surface area contributed by atoms with Crippen LogP contribution in [0, 0.1) is 5.92 Å². The second kappa shape index (κ2) is 6.31. The minimum atomic E-state index is -0.422. The van der Waals surface area contributed by atoms with Gasteiger partial charge in [0.25, 0.3) is 0 Å². The molecule has 2 aliphatic heterocycles. The maximum absolute atomic E-state index is 12.0. The van der Waals surface area contributed by atoms with Crippen molar-refractivity contribution in [3.8, 4) is 0 Å². The molecule has 2 saturated heterocycles. The van der Waals surface area contributed by atoms with Crippen LogP contribution in [0.15, 0.2) is 0 Å². The minimum absolute atomic E-state index is 0.189. The van der Waals surface area contributed by atoms with Gasteiger partial charge in [0.15, 0.2) is 0 Å². The standard InChI is InChI=1S/C15H28N2O3/c1-15(2,3)20-14(19)17-8-5-13(11-17)16-7-4-12(10-16)6-9-18/h12-13,18H,4-11H2,1-3H3. The molecule has 0 aromatic carbocycles. The Kier molecular flexibility index (Phi) is 4.91. The Bertz CT molecular complexity index is 341. The number of nitrogens with zero attached hydrogens (tertiary/aromatic N) is 2. The van der Waals surface area contributed by atoms with Crippen LogP contribution >= 0.6 is 0 Å². The van der Waals surface area contributed by atoms with Crippen molar-refractivity contribution in [1.82, 2.24) is 9.80 Å². The first kappa shape index (κ1) is 15.6. The second-order valence-corrected chi connectivity index (χ2v) is 7.03. The van der Waals surface area contributed by atoms with E-state index in [1.54, 1.807) is 0 Å². The van der Waals surface area contributed by atoms with Crippen molar-refractivity contribution >= 4 is 6.09 Å². The van der Waals surface area contributed by atoms with E-state index >= 15 is 0 Å². The second-order valence-electron chi connectivity index (χ2n) is 7.03. The summed E-state index contributed by atoms with van der Waals surface area (Å²) in [4.78, 5) is 16.3. The van der Waals surface area contributed by atoms with Crippen molar-refractivity contribution in [2.45, 2.75) is 51.7 Å². The number of carbonyl (C=O) groups excluding carboxylic acids is 1. The van der Waals surface area contributed by atoms with E-state index in [4.69, 9.17) is 9.84 Å². The first-order chi connectivity index (χ1) is 9.39. The fourth-order valence-corrected chi connectivity index (χ4v) is 3.14. The van der Waals surface area contributed by atoms with Crippen LogP contribution in [0.3, 0.4) is 0 Å². The highest BCUT2D eigenvalue weighted by molar-refractivity contribution is 5.68. The minimum Gasteiger partial charge on any atom is -0.444 e. The SMILES string of the molecule is CC(C)(C)OC(=O)N1CCC(N2CCC(CCO)C2)C1. The summed E-state index contributed by atoms with van der Waals surface area (Å²) in [7, 11) is 0. The molecule has 0 aromatic heterocycles. The topological polar surface area (TPSA) is 53.0 Å². The van der Waals surface area contributed by atoms with E-state index in [0.717, 1.165) is 39.0 Å².